The summed E-state index contributed by atoms with van der Waals surface area (Å²) in [6.07, 6.45) is 3.43. The average molecular weight is 187 g/mol. The molecule has 5 heteroatoms. The van der Waals surface area contributed by atoms with Gasteiger partial charge in [-0.1, -0.05) is 0 Å². The van der Waals surface area contributed by atoms with Crippen molar-refractivity contribution in [2.24, 2.45) is 5.84 Å². The van der Waals surface area contributed by atoms with Crippen molar-refractivity contribution in [1.29, 1.82) is 0 Å². The van der Waals surface area contributed by atoms with Crippen LogP contribution in [-0.4, -0.2) is 15.2 Å². The third-order valence-electron chi connectivity index (χ3n) is 1.79. The highest BCUT2D eigenvalue weighted by Crippen LogP contribution is 2.14. The standard InChI is InChI=1S/C9H9N5/c10-12-9-2-1-8(13-14-9)7-3-5-11-6-4-7/h1-6H,10H2,(H,12,14). The molecule has 3 N–H and O–H groups in total. The Balaban J connectivity index is 2.34. The van der Waals surface area contributed by atoms with E-state index in [9.17, 15) is 0 Å². The third kappa shape index (κ3) is 1.67. The highest BCUT2D eigenvalue weighted by Gasteiger charge is 1.98. The molecule has 0 aliphatic rings. The van der Waals surface area contributed by atoms with Gasteiger partial charge in [-0.25, -0.2) is 5.84 Å². The van der Waals surface area contributed by atoms with Crippen LogP contribution in [0.15, 0.2) is 36.7 Å². The summed E-state index contributed by atoms with van der Waals surface area (Å²) in [5, 5.41) is 7.87. The first-order valence-corrected chi connectivity index (χ1v) is 4.11. The summed E-state index contributed by atoms with van der Waals surface area (Å²) in [7, 11) is 0. The quantitative estimate of drug-likeness (QED) is 0.537. The maximum absolute atomic E-state index is 5.18. The summed E-state index contributed by atoms with van der Waals surface area (Å²) < 4.78 is 0. The maximum atomic E-state index is 5.18. The summed E-state index contributed by atoms with van der Waals surface area (Å²) in [6.45, 7) is 0. The molecule has 2 rings (SSSR count). The normalized spacial score (nSPS) is 9.79. The smallest absolute Gasteiger partial charge is 0.162 e. The predicted octanol–water partition coefficient (Wildman–Crippen LogP) is 0.824. The second-order valence-corrected chi connectivity index (χ2v) is 2.68. The van der Waals surface area contributed by atoms with E-state index in [1.54, 1.807) is 18.5 Å². The second-order valence-electron chi connectivity index (χ2n) is 2.68. The molecule has 14 heavy (non-hydrogen) atoms. The van der Waals surface area contributed by atoms with E-state index in [4.69, 9.17) is 5.84 Å². The Kier molecular flexibility index (Phi) is 2.33. The zero-order valence-corrected chi connectivity index (χ0v) is 7.38. The van der Waals surface area contributed by atoms with Crippen molar-refractivity contribution >= 4 is 5.82 Å². The monoisotopic (exact) mass is 187 g/mol. The van der Waals surface area contributed by atoms with Crippen LogP contribution in [0.5, 0.6) is 0 Å². The lowest BCUT2D eigenvalue weighted by Crippen LogP contribution is -2.08. The summed E-state index contributed by atoms with van der Waals surface area (Å²) in [6, 6.07) is 7.36. The molecule has 0 fully saturated rings. The van der Waals surface area contributed by atoms with Gasteiger partial charge in [-0.05, 0) is 24.3 Å². The van der Waals surface area contributed by atoms with Gasteiger partial charge in [0, 0.05) is 18.0 Å². The largest absolute Gasteiger partial charge is 0.307 e. The summed E-state index contributed by atoms with van der Waals surface area (Å²) in [5.74, 6) is 5.72. The molecular formula is C9H9N5. The molecule has 0 radical (unpaired) electrons. The lowest BCUT2D eigenvalue weighted by Gasteiger charge is -2.00. The lowest BCUT2D eigenvalue weighted by molar-refractivity contribution is 1.03. The van der Waals surface area contributed by atoms with E-state index in [1.165, 1.54) is 0 Å². The number of anilines is 1. The number of pyridine rings is 1. The number of hydrogen-bond donors (Lipinski definition) is 2. The number of nitrogens with zero attached hydrogens (tertiary/aromatic N) is 3. The van der Waals surface area contributed by atoms with Gasteiger partial charge in [0.05, 0.1) is 5.69 Å². The first-order valence-electron chi connectivity index (χ1n) is 4.11. The molecule has 2 heterocycles. The van der Waals surface area contributed by atoms with Crippen LogP contribution in [-0.2, 0) is 0 Å². The number of hydrogen-bond acceptors (Lipinski definition) is 5. The molecule has 0 saturated heterocycles. The van der Waals surface area contributed by atoms with Crippen LogP contribution >= 0.6 is 0 Å². The number of rotatable bonds is 2. The van der Waals surface area contributed by atoms with Crippen molar-refractivity contribution in [3.05, 3.63) is 36.7 Å². The van der Waals surface area contributed by atoms with Gasteiger partial charge in [0.25, 0.3) is 0 Å². The Hall–Kier alpha value is -2.01. The van der Waals surface area contributed by atoms with Crippen LogP contribution in [0.4, 0.5) is 5.82 Å². The summed E-state index contributed by atoms with van der Waals surface area (Å²) >= 11 is 0. The summed E-state index contributed by atoms with van der Waals surface area (Å²) in [4.78, 5) is 3.92. The first-order chi connectivity index (χ1) is 6.90. The van der Waals surface area contributed by atoms with Gasteiger partial charge in [-0.15, -0.1) is 10.2 Å². The number of hydrazine groups is 1. The van der Waals surface area contributed by atoms with Crippen molar-refractivity contribution in [2.45, 2.75) is 0 Å². The van der Waals surface area contributed by atoms with Crippen LogP contribution in [0, 0.1) is 0 Å². The zero-order valence-electron chi connectivity index (χ0n) is 7.38. The maximum Gasteiger partial charge on any atom is 0.162 e. The number of aromatic nitrogens is 3. The number of nitrogen functional groups attached to an aromatic ring is 1. The van der Waals surface area contributed by atoms with Crippen molar-refractivity contribution in [1.82, 2.24) is 15.2 Å². The van der Waals surface area contributed by atoms with Gasteiger partial charge in [-0.2, -0.15) is 0 Å². The molecule has 0 spiro atoms. The topological polar surface area (TPSA) is 76.7 Å². The molecule has 5 nitrogen and oxygen atoms in total. The van der Waals surface area contributed by atoms with Gasteiger partial charge >= 0.3 is 0 Å². The fourth-order valence-corrected chi connectivity index (χ4v) is 1.09. The highest BCUT2D eigenvalue weighted by molar-refractivity contribution is 5.58. The van der Waals surface area contributed by atoms with Crippen LogP contribution < -0.4 is 11.3 Å². The molecule has 2 aromatic rings. The minimum absolute atomic E-state index is 0.544. The minimum atomic E-state index is 0.544. The molecule has 0 bridgehead atoms. The lowest BCUT2D eigenvalue weighted by atomic mass is 10.2. The highest BCUT2D eigenvalue weighted by atomic mass is 15.3. The Labute approximate surface area is 81.0 Å². The molecule has 0 aliphatic carbocycles. The minimum Gasteiger partial charge on any atom is -0.307 e. The molecule has 70 valence electrons. The Bertz CT molecular complexity index is 397. The van der Waals surface area contributed by atoms with Gasteiger partial charge < -0.3 is 5.43 Å². The second kappa shape index (κ2) is 3.80. The molecular weight excluding hydrogens is 178 g/mol. The molecule has 0 unspecified atom stereocenters. The van der Waals surface area contributed by atoms with Gasteiger partial charge in [0.15, 0.2) is 5.82 Å². The Morgan fingerprint density at radius 3 is 2.36 bits per heavy atom. The third-order valence-corrected chi connectivity index (χ3v) is 1.79. The summed E-state index contributed by atoms with van der Waals surface area (Å²) in [5.41, 5.74) is 4.20. The van der Waals surface area contributed by atoms with Gasteiger partial charge in [0.1, 0.15) is 0 Å². The Morgan fingerprint density at radius 2 is 1.79 bits per heavy atom. The molecule has 0 aliphatic heterocycles. The molecule has 0 saturated carbocycles. The van der Waals surface area contributed by atoms with E-state index in [0.29, 0.717) is 5.82 Å². The van der Waals surface area contributed by atoms with E-state index in [2.05, 4.69) is 20.6 Å². The van der Waals surface area contributed by atoms with E-state index in [-0.39, 0.29) is 0 Å². The zero-order chi connectivity index (χ0) is 9.80. The van der Waals surface area contributed by atoms with Gasteiger partial charge in [-0.3, -0.25) is 4.98 Å². The molecule has 2 aromatic heterocycles. The fraction of sp³-hybridized carbons (Fsp3) is 0. The average Bonchev–Trinajstić information content (AvgIpc) is 2.30. The fourth-order valence-electron chi connectivity index (χ4n) is 1.09. The van der Waals surface area contributed by atoms with Crippen molar-refractivity contribution in [3.8, 4) is 11.3 Å². The van der Waals surface area contributed by atoms with E-state index in [0.717, 1.165) is 11.3 Å². The van der Waals surface area contributed by atoms with E-state index < -0.39 is 0 Å². The number of nitrogens with two attached hydrogens (primary N) is 1. The predicted molar refractivity (Wildman–Crippen MR) is 53.1 cm³/mol. The SMILES string of the molecule is NNc1ccc(-c2ccncc2)nn1. The van der Waals surface area contributed by atoms with E-state index in [1.807, 2.05) is 18.2 Å². The Morgan fingerprint density at radius 1 is 1.00 bits per heavy atom. The molecule has 0 amide bonds. The van der Waals surface area contributed by atoms with Crippen molar-refractivity contribution < 1.29 is 0 Å². The van der Waals surface area contributed by atoms with Crippen molar-refractivity contribution in [3.63, 3.8) is 0 Å². The molecule has 0 atom stereocenters. The van der Waals surface area contributed by atoms with E-state index >= 15 is 0 Å². The first kappa shape index (κ1) is 8.58. The van der Waals surface area contributed by atoms with Crippen LogP contribution in [0.1, 0.15) is 0 Å². The van der Waals surface area contributed by atoms with Crippen LogP contribution in [0.3, 0.4) is 0 Å². The van der Waals surface area contributed by atoms with Crippen molar-refractivity contribution in [2.75, 3.05) is 5.43 Å². The molecule has 0 aromatic carbocycles. The van der Waals surface area contributed by atoms with Gasteiger partial charge in [0.2, 0.25) is 0 Å². The van der Waals surface area contributed by atoms with Crippen LogP contribution in [0.25, 0.3) is 11.3 Å². The number of nitrogens with one attached hydrogen (secondary N) is 1. The van der Waals surface area contributed by atoms with Crippen LogP contribution in [0.2, 0.25) is 0 Å².